The first kappa shape index (κ1) is 24.2. The van der Waals surface area contributed by atoms with Gasteiger partial charge in [-0.15, -0.1) is 0 Å². The lowest BCUT2D eigenvalue weighted by Crippen LogP contribution is -2.38. The van der Waals surface area contributed by atoms with Crippen LogP contribution in [0.3, 0.4) is 0 Å². The molecule has 1 amide bonds. The van der Waals surface area contributed by atoms with Gasteiger partial charge in [-0.3, -0.25) is 9.59 Å². The lowest BCUT2D eigenvalue weighted by molar-refractivity contribution is -0.174. The molecule has 152 valence electrons. The number of carboxylic acids is 1. The zero-order valence-corrected chi connectivity index (χ0v) is 16.9. The number of carbonyl (C=O) groups excluding carboxylic acids is 2. The van der Waals surface area contributed by atoms with Gasteiger partial charge in [-0.2, -0.15) is 0 Å². The highest BCUT2D eigenvalue weighted by Crippen LogP contribution is 2.23. The zero-order chi connectivity index (χ0) is 20.3. The largest absolute Gasteiger partial charge is 0.481 e. The van der Waals surface area contributed by atoms with Crippen LogP contribution in [-0.2, 0) is 19.1 Å². The number of rotatable bonds is 12. The van der Waals surface area contributed by atoms with E-state index in [0.29, 0.717) is 18.3 Å². The molecule has 0 radical (unpaired) electrons. The number of ether oxygens (including phenoxy) is 2. The van der Waals surface area contributed by atoms with Crippen LogP contribution in [0.25, 0.3) is 0 Å². The van der Waals surface area contributed by atoms with Crippen molar-refractivity contribution in [2.75, 3.05) is 6.54 Å². The summed E-state index contributed by atoms with van der Waals surface area (Å²) in [6, 6.07) is 0. The minimum Gasteiger partial charge on any atom is -0.481 e. The van der Waals surface area contributed by atoms with Gasteiger partial charge in [-0.25, -0.2) is 4.79 Å². The predicted molar refractivity (Wildman–Crippen MR) is 98.5 cm³/mol. The van der Waals surface area contributed by atoms with Crippen molar-refractivity contribution in [3.63, 3.8) is 0 Å². The number of carbonyl (C=O) groups is 3. The van der Waals surface area contributed by atoms with Gasteiger partial charge >= 0.3 is 18.0 Å². The number of hydrogen-bond donors (Lipinski definition) is 2. The third kappa shape index (κ3) is 10.3. The summed E-state index contributed by atoms with van der Waals surface area (Å²) < 4.78 is 10.2. The number of alkyl carbamates (subject to hydrolysis) is 1. The van der Waals surface area contributed by atoms with Gasteiger partial charge in [0.25, 0.3) is 6.29 Å². The smallest absolute Gasteiger partial charge is 0.410 e. The quantitative estimate of drug-likeness (QED) is 0.398. The van der Waals surface area contributed by atoms with Crippen LogP contribution >= 0.6 is 0 Å². The molecule has 0 aliphatic carbocycles. The van der Waals surface area contributed by atoms with Crippen LogP contribution in [-0.4, -0.2) is 36.0 Å². The Morgan fingerprint density at radius 2 is 1.62 bits per heavy atom. The molecule has 3 atom stereocenters. The van der Waals surface area contributed by atoms with E-state index in [9.17, 15) is 19.5 Å². The second-order valence-electron chi connectivity index (χ2n) is 7.42. The summed E-state index contributed by atoms with van der Waals surface area (Å²) in [6.07, 6.45) is 0.764. The van der Waals surface area contributed by atoms with Crippen molar-refractivity contribution in [1.82, 2.24) is 5.32 Å². The van der Waals surface area contributed by atoms with Crippen LogP contribution in [0, 0.1) is 23.7 Å². The van der Waals surface area contributed by atoms with E-state index in [2.05, 4.69) is 19.2 Å². The first-order chi connectivity index (χ1) is 12.1. The summed E-state index contributed by atoms with van der Waals surface area (Å²) in [6.45, 7) is 11.4. The van der Waals surface area contributed by atoms with E-state index in [0.717, 1.165) is 12.8 Å². The second kappa shape index (κ2) is 12.5. The number of amides is 1. The SMILES string of the molecule is CCC(=O)O[C@@H](OC(=O)NC[C@@H](C[C@@H](CC)CC(C)C)C(=O)O)C(C)C. The van der Waals surface area contributed by atoms with E-state index in [1.54, 1.807) is 20.8 Å². The van der Waals surface area contributed by atoms with Crippen LogP contribution in [0.4, 0.5) is 4.79 Å². The first-order valence-electron chi connectivity index (χ1n) is 9.47. The van der Waals surface area contributed by atoms with Crippen molar-refractivity contribution < 1.29 is 29.0 Å². The zero-order valence-electron chi connectivity index (χ0n) is 16.9. The number of carboxylic acid groups (broad SMARTS) is 1. The number of aliphatic carboxylic acids is 1. The van der Waals surface area contributed by atoms with Gasteiger partial charge in [0, 0.05) is 18.9 Å². The second-order valence-corrected chi connectivity index (χ2v) is 7.42. The molecule has 0 aromatic heterocycles. The lowest BCUT2D eigenvalue weighted by Gasteiger charge is -2.23. The molecule has 0 bridgehead atoms. The highest BCUT2D eigenvalue weighted by molar-refractivity contribution is 5.73. The van der Waals surface area contributed by atoms with Gasteiger partial charge in [-0.1, -0.05) is 48.0 Å². The Balaban J connectivity index is 4.64. The molecule has 2 N–H and O–H groups in total. The Morgan fingerprint density at radius 1 is 1.00 bits per heavy atom. The molecular formula is C19H35NO6. The van der Waals surface area contributed by atoms with Crippen LogP contribution in [0.15, 0.2) is 0 Å². The van der Waals surface area contributed by atoms with Gasteiger partial charge < -0.3 is 19.9 Å². The average Bonchev–Trinajstić information content (AvgIpc) is 2.55. The number of hydrogen-bond acceptors (Lipinski definition) is 5. The van der Waals surface area contributed by atoms with Crippen molar-refractivity contribution in [1.29, 1.82) is 0 Å². The topological polar surface area (TPSA) is 102 Å². The molecule has 26 heavy (non-hydrogen) atoms. The van der Waals surface area contributed by atoms with Crippen LogP contribution in [0.2, 0.25) is 0 Å². The highest BCUT2D eigenvalue weighted by atomic mass is 16.7. The summed E-state index contributed by atoms with van der Waals surface area (Å²) in [5.41, 5.74) is 0. The van der Waals surface area contributed by atoms with Crippen molar-refractivity contribution in [2.45, 2.75) is 73.5 Å². The molecule has 0 unspecified atom stereocenters. The Labute approximate surface area is 156 Å². The molecule has 0 aliphatic heterocycles. The van der Waals surface area contributed by atoms with E-state index in [1.165, 1.54) is 0 Å². The number of nitrogens with one attached hydrogen (secondary N) is 1. The number of esters is 1. The third-order valence-corrected chi connectivity index (χ3v) is 4.15. The molecule has 0 aliphatic rings. The van der Waals surface area contributed by atoms with Crippen molar-refractivity contribution in [2.24, 2.45) is 23.7 Å². The summed E-state index contributed by atoms with van der Waals surface area (Å²) in [5.74, 6) is -1.50. The normalized spacial score (nSPS) is 14.6. The molecular weight excluding hydrogens is 338 g/mol. The monoisotopic (exact) mass is 373 g/mol. The molecule has 0 saturated heterocycles. The molecule has 0 saturated carbocycles. The van der Waals surface area contributed by atoms with Crippen LogP contribution < -0.4 is 5.32 Å². The maximum absolute atomic E-state index is 12.0. The van der Waals surface area contributed by atoms with Crippen LogP contribution in [0.1, 0.15) is 67.2 Å². The summed E-state index contributed by atoms with van der Waals surface area (Å²) in [4.78, 5) is 34.9. The Morgan fingerprint density at radius 3 is 2.04 bits per heavy atom. The summed E-state index contributed by atoms with van der Waals surface area (Å²) in [7, 11) is 0. The standard InChI is InChI=1S/C19H35NO6/c1-7-14(9-12(3)4)10-15(17(22)23)11-20-19(24)26-18(13(5)6)25-16(21)8-2/h12-15,18H,7-11H2,1-6H3,(H,20,24)(H,22,23)/t14-,15+,18-/m0/s1. The van der Waals surface area contributed by atoms with Crippen molar-refractivity contribution in [3.8, 4) is 0 Å². The molecule has 0 aromatic carbocycles. The summed E-state index contributed by atoms with van der Waals surface area (Å²) >= 11 is 0. The third-order valence-electron chi connectivity index (χ3n) is 4.15. The maximum atomic E-state index is 12.0. The van der Waals surface area contributed by atoms with Gasteiger partial charge in [0.1, 0.15) is 0 Å². The van der Waals surface area contributed by atoms with Gasteiger partial charge in [-0.05, 0) is 24.7 Å². The van der Waals surface area contributed by atoms with E-state index in [-0.39, 0.29) is 18.9 Å². The van der Waals surface area contributed by atoms with E-state index in [1.807, 2.05) is 6.92 Å². The Bertz CT molecular complexity index is 449. The molecule has 0 rings (SSSR count). The fourth-order valence-electron chi connectivity index (χ4n) is 2.63. The minimum absolute atomic E-state index is 0.0186. The van der Waals surface area contributed by atoms with E-state index in [4.69, 9.17) is 9.47 Å². The lowest BCUT2D eigenvalue weighted by atomic mass is 9.86. The van der Waals surface area contributed by atoms with Crippen LogP contribution in [0.5, 0.6) is 0 Å². The molecule has 7 heteroatoms. The van der Waals surface area contributed by atoms with Crippen molar-refractivity contribution >= 4 is 18.0 Å². The molecule has 0 fully saturated rings. The summed E-state index contributed by atoms with van der Waals surface area (Å²) in [5, 5.41) is 11.9. The first-order valence-corrected chi connectivity index (χ1v) is 9.47. The Kier molecular flexibility index (Phi) is 11.7. The van der Waals surface area contributed by atoms with Crippen molar-refractivity contribution in [3.05, 3.63) is 0 Å². The maximum Gasteiger partial charge on any atom is 0.410 e. The van der Waals surface area contributed by atoms with Gasteiger partial charge in [0.05, 0.1) is 5.92 Å². The van der Waals surface area contributed by atoms with Gasteiger partial charge in [0.2, 0.25) is 0 Å². The molecule has 0 aromatic rings. The predicted octanol–water partition coefficient (Wildman–Crippen LogP) is 3.81. The molecule has 0 heterocycles. The Hall–Kier alpha value is -1.79. The fourth-order valence-corrected chi connectivity index (χ4v) is 2.63. The van der Waals surface area contributed by atoms with E-state index >= 15 is 0 Å². The molecule has 0 spiro atoms. The molecule has 7 nitrogen and oxygen atoms in total. The fraction of sp³-hybridized carbons (Fsp3) is 0.842. The van der Waals surface area contributed by atoms with E-state index < -0.39 is 30.2 Å². The average molecular weight is 373 g/mol. The minimum atomic E-state index is -0.991. The van der Waals surface area contributed by atoms with Gasteiger partial charge in [0.15, 0.2) is 0 Å². The highest BCUT2D eigenvalue weighted by Gasteiger charge is 2.25.